The van der Waals surface area contributed by atoms with Gasteiger partial charge in [0.1, 0.15) is 0 Å². The van der Waals surface area contributed by atoms with E-state index in [4.69, 9.17) is 5.73 Å². The Bertz CT molecular complexity index is 839. The maximum absolute atomic E-state index is 5.80. The summed E-state index contributed by atoms with van der Waals surface area (Å²) in [4.78, 5) is 5.65. The summed E-state index contributed by atoms with van der Waals surface area (Å²) in [6.45, 7) is 0.780. The molecule has 1 aromatic carbocycles. The lowest BCUT2D eigenvalue weighted by Crippen LogP contribution is -1.98. The number of benzene rings is 1. The second kappa shape index (κ2) is 3.86. The molecule has 19 heavy (non-hydrogen) atoms. The summed E-state index contributed by atoms with van der Waals surface area (Å²) in [5, 5.41) is 3.21. The average Bonchev–Trinajstić information content (AvgIpc) is 3.04. The highest BCUT2D eigenvalue weighted by Gasteiger charge is 2.06. The Morgan fingerprint density at radius 2 is 2.16 bits per heavy atom. The van der Waals surface area contributed by atoms with Crippen molar-refractivity contribution in [2.24, 2.45) is 0 Å². The quantitative estimate of drug-likeness (QED) is 0.568. The lowest BCUT2D eigenvalue weighted by atomic mass is 10.2. The fourth-order valence-corrected chi connectivity index (χ4v) is 3.10. The molecule has 0 aliphatic carbocycles. The highest BCUT2D eigenvalue weighted by atomic mass is 32.1. The summed E-state index contributed by atoms with van der Waals surface area (Å²) in [6.07, 6.45) is 6.19. The van der Waals surface area contributed by atoms with E-state index in [0.29, 0.717) is 0 Å². The summed E-state index contributed by atoms with van der Waals surface area (Å²) in [5.74, 6) is 0. The number of fused-ring (bicyclic) bond motifs is 2. The Morgan fingerprint density at radius 3 is 3.05 bits per heavy atom. The zero-order chi connectivity index (χ0) is 12.8. The number of hydrogen-bond acceptors (Lipinski definition) is 3. The maximum Gasteiger partial charge on any atom is 0.193 e. The zero-order valence-corrected chi connectivity index (χ0v) is 11.0. The van der Waals surface area contributed by atoms with E-state index in [0.717, 1.165) is 22.9 Å². The van der Waals surface area contributed by atoms with Gasteiger partial charge in [-0.25, -0.2) is 4.98 Å². The Morgan fingerprint density at radius 1 is 1.21 bits per heavy atom. The molecule has 3 aromatic heterocycles. The molecule has 0 fully saturated rings. The number of nitrogen functional groups attached to an aromatic ring is 1. The van der Waals surface area contributed by atoms with Crippen molar-refractivity contribution >= 4 is 32.9 Å². The van der Waals surface area contributed by atoms with Crippen LogP contribution < -0.4 is 5.73 Å². The van der Waals surface area contributed by atoms with Gasteiger partial charge < -0.3 is 10.3 Å². The normalized spacial score (nSPS) is 11.6. The van der Waals surface area contributed by atoms with Gasteiger partial charge in [0.2, 0.25) is 0 Å². The molecule has 0 spiro atoms. The van der Waals surface area contributed by atoms with Gasteiger partial charge in [0.05, 0.1) is 12.2 Å². The van der Waals surface area contributed by atoms with E-state index in [1.807, 2.05) is 23.7 Å². The molecule has 94 valence electrons. The third-order valence-electron chi connectivity index (χ3n) is 3.27. The smallest absolute Gasteiger partial charge is 0.193 e. The van der Waals surface area contributed by atoms with Crippen molar-refractivity contribution in [3.05, 3.63) is 53.9 Å². The standard InChI is InChI=1S/C14H12N4S/c15-11-1-2-13-10(7-11)3-4-17(13)8-12-9-18-5-6-19-14(18)16-12/h1-7,9H,8,15H2. The van der Waals surface area contributed by atoms with Gasteiger partial charge in [0, 0.05) is 40.6 Å². The molecular formula is C14H12N4S. The number of aromatic nitrogens is 3. The van der Waals surface area contributed by atoms with Gasteiger partial charge in [-0.3, -0.25) is 4.40 Å². The van der Waals surface area contributed by atoms with Gasteiger partial charge in [0.15, 0.2) is 4.96 Å². The zero-order valence-electron chi connectivity index (χ0n) is 10.2. The van der Waals surface area contributed by atoms with Crippen molar-refractivity contribution in [1.82, 2.24) is 14.0 Å². The third kappa shape index (κ3) is 1.70. The van der Waals surface area contributed by atoms with E-state index in [-0.39, 0.29) is 0 Å². The van der Waals surface area contributed by atoms with Gasteiger partial charge >= 0.3 is 0 Å². The molecule has 0 aliphatic rings. The summed E-state index contributed by atoms with van der Waals surface area (Å²) < 4.78 is 4.25. The van der Waals surface area contributed by atoms with Crippen LogP contribution in [0.3, 0.4) is 0 Å². The molecule has 5 heteroatoms. The fourth-order valence-electron chi connectivity index (χ4n) is 2.38. The molecule has 0 radical (unpaired) electrons. The van der Waals surface area contributed by atoms with E-state index in [9.17, 15) is 0 Å². The second-order valence-electron chi connectivity index (χ2n) is 4.59. The van der Waals surface area contributed by atoms with E-state index >= 15 is 0 Å². The van der Waals surface area contributed by atoms with Crippen LogP contribution in [0, 0.1) is 0 Å². The van der Waals surface area contributed by atoms with Crippen LogP contribution in [0.15, 0.2) is 48.2 Å². The maximum atomic E-state index is 5.80. The predicted octanol–water partition coefficient (Wildman–Crippen LogP) is 2.98. The Hall–Kier alpha value is -2.27. The van der Waals surface area contributed by atoms with Crippen LogP contribution in [0.25, 0.3) is 15.9 Å². The highest BCUT2D eigenvalue weighted by Crippen LogP contribution is 2.20. The highest BCUT2D eigenvalue weighted by molar-refractivity contribution is 7.15. The van der Waals surface area contributed by atoms with Gasteiger partial charge in [-0.1, -0.05) is 0 Å². The van der Waals surface area contributed by atoms with Gasteiger partial charge in [0.25, 0.3) is 0 Å². The average molecular weight is 268 g/mol. The molecule has 3 heterocycles. The lowest BCUT2D eigenvalue weighted by molar-refractivity contribution is 0.815. The minimum atomic E-state index is 0.780. The van der Waals surface area contributed by atoms with Crippen molar-refractivity contribution in [3.8, 4) is 0 Å². The van der Waals surface area contributed by atoms with Crippen molar-refractivity contribution in [2.45, 2.75) is 6.54 Å². The Balaban J connectivity index is 1.76. The van der Waals surface area contributed by atoms with Gasteiger partial charge in [-0.15, -0.1) is 11.3 Å². The third-order valence-corrected chi connectivity index (χ3v) is 4.04. The summed E-state index contributed by atoms with van der Waals surface area (Å²) in [6, 6.07) is 8.08. The first-order chi connectivity index (χ1) is 9.29. The number of thiazole rings is 1. The lowest BCUT2D eigenvalue weighted by Gasteiger charge is -2.03. The Kier molecular flexibility index (Phi) is 2.16. The first kappa shape index (κ1) is 10.6. The van der Waals surface area contributed by atoms with Crippen LogP contribution in [0.4, 0.5) is 5.69 Å². The largest absolute Gasteiger partial charge is 0.399 e. The van der Waals surface area contributed by atoms with E-state index in [2.05, 4.69) is 38.5 Å². The molecule has 0 unspecified atom stereocenters. The SMILES string of the molecule is Nc1ccc2c(ccn2Cc2cn3ccsc3n2)c1. The number of hydrogen-bond donors (Lipinski definition) is 1. The van der Waals surface area contributed by atoms with E-state index in [1.54, 1.807) is 11.3 Å². The van der Waals surface area contributed by atoms with Crippen LogP contribution >= 0.6 is 11.3 Å². The van der Waals surface area contributed by atoms with Gasteiger partial charge in [-0.2, -0.15) is 0 Å². The van der Waals surface area contributed by atoms with E-state index in [1.165, 1.54) is 10.9 Å². The van der Waals surface area contributed by atoms with Crippen molar-refractivity contribution < 1.29 is 0 Å². The molecular weight excluding hydrogens is 256 g/mol. The molecule has 4 aromatic rings. The second-order valence-corrected chi connectivity index (χ2v) is 5.46. The van der Waals surface area contributed by atoms with Crippen LogP contribution in [0.1, 0.15) is 5.69 Å². The molecule has 0 aliphatic heterocycles. The number of nitrogens with two attached hydrogens (primary N) is 1. The topological polar surface area (TPSA) is 48.2 Å². The van der Waals surface area contributed by atoms with Crippen molar-refractivity contribution in [3.63, 3.8) is 0 Å². The first-order valence-electron chi connectivity index (χ1n) is 6.05. The number of nitrogens with zero attached hydrogens (tertiary/aromatic N) is 3. The Labute approximate surface area is 113 Å². The molecule has 0 atom stereocenters. The first-order valence-corrected chi connectivity index (χ1v) is 6.93. The number of imidazole rings is 1. The van der Waals surface area contributed by atoms with Crippen molar-refractivity contribution in [2.75, 3.05) is 5.73 Å². The molecule has 0 saturated heterocycles. The molecule has 0 bridgehead atoms. The fraction of sp³-hybridized carbons (Fsp3) is 0.0714. The van der Waals surface area contributed by atoms with E-state index < -0.39 is 0 Å². The molecule has 0 amide bonds. The summed E-state index contributed by atoms with van der Waals surface area (Å²) in [5.41, 5.74) is 8.85. The predicted molar refractivity (Wildman–Crippen MR) is 78.5 cm³/mol. The molecule has 0 saturated carbocycles. The van der Waals surface area contributed by atoms with Crippen molar-refractivity contribution in [1.29, 1.82) is 0 Å². The molecule has 4 rings (SSSR count). The summed E-state index contributed by atoms with van der Waals surface area (Å²) in [7, 11) is 0. The monoisotopic (exact) mass is 268 g/mol. The van der Waals surface area contributed by atoms with Crippen LogP contribution in [-0.4, -0.2) is 14.0 Å². The van der Waals surface area contributed by atoms with Gasteiger partial charge in [-0.05, 0) is 24.3 Å². The minimum absolute atomic E-state index is 0.780. The molecule has 2 N–H and O–H groups in total. The number of rotatable bonds is 2. The minimum Gasteiger partial charge on any atom is -0.399 e. The van der Waals surface area contributed by atoms with Crippen LogP contribution in [0.2, 0.25) is 0 Å². The summed E-state index contributed by atoms with van der Waals surface area (Å²) >= 11 is 1.65. The van der Waals surface area contributed by atoms with Crippen LogP contribution in [0.5, 0.6) is 0 Å². The van der Waals surface area contributed by atoms with Crippen LogP contribution in [-0.2, 0) is 6.54 Å². The number of anilines is 1. The molecule has 4 nitrogen and oxygen atoms in total.